The van der Waals surface area contributed by atoms with Crippen LogP contribution >= 0.6 is 0 Å². The SMILES string of the molecule is CCCNc1cc(S(=O)(=O)N2CCOCC2C)ccn1. The van der Waals surface area contributed by atoms with Gasteiger partial charge in [-0.2, -0.15) is 4.31 Å². The number of anilines is 1. The summed E-state index contributed by atoms with van der Waals surface area (Å²) >= 11 is 0. The van der Waals surface area contributed by atoms with Crippen molar-refractivity contribution in [3.8, 4) is 0 Å². The van der Waals surface area contributed by atoms with Gasteiger partial charge in [0.25, 0.3) is 0 Å². The molecule has 0 radical (unpaired) electrons. The largest absolute Gasteiger partial charge is 0.378 e. The fourth-order valence-electron chi connectivity index (χ4n) is 2.13. The van der Waals surface area contributed by atoms with E-state index in [0.29, 0.717) is 25.6 Å². The van der Waals surface area contributed by atoms with Crippen molar-refractivity contribution < 1.29 is 13.2 Å². The average Bonchev–Trinajstić information content (AvgIpc) is 2.45. The van der Waals surface area contributed by atoms with Gasteiger partial charge in [-0.3, -0.25) is 0 Å². The van der Waals surface area contributed by atoms with E-state index < -0.39 is 10.0 Å². The van der Waals surface area contributed by atoms with Gasteiger partial charge in [0.05, 0.1) is 18.1 Å². The van der Waals surface area contributed by atoms with E-state index in [1.807, 2.05) is 13.8 Å². The second-order valence-electron chi connectivity index (χ2n) is 4.84. The third kappa shape index (κ3) is 3.28. The van der Waals surface area contributed by atoms with Crippen LogP contribution in [0.4, 0.5) is 5.82 Å². The van der Waals surface area contributed by atoms with Gasteiger partial charge in [0, 0.05) is 31.4 Å². The maximum Gasteiger partial charge on any atom is 0.243 e. The van der Waals surface area contributed by atoms with Crippen molar-refractivity contribution in [3.63, 3.8) is 0 Å². The lowest BCUT2D eigenvalue weighted by molar-refractivity contribution is 0.0393. The standard InChI is InChI=1S/C13H21N3O3S/c1-3-5-14-13-9-12(4-6-15-13)20(17,18)16-7-8-19-10-11(16)2/h4,6,9,11H,3,5,7-8,10H2,1-2H3,(H,14,15). The summed E-state index contributed by atoms with van der Waals surface area (Å²) in [6.45, 7) is 5.94. The van der Waals surface area contributed by atoms with Gasteiger partial charge in [-0.25, -0.2) is 13.4 Å². The highest BCUT2D eigenvalue weighted by atomic mass is 32.2. The van der Waals surface area contributed by atoms with Crippen molar-refractivity contribution in [2.45, 2.75) is 31.2 Å². The molecule has 1 N–H and O–H groups in total. The lowest BCUT2D eigenvalue weighted by atomic mass is 10.3. The topological polar surface area (TPSA) is 71.5 Å². The Morgan fingerprint density at radius 3 is 3.05 bits per heavy atom. The summed E-state index contributed by atoms with van der Waals surface area (Å²) in [4.78, 5) is 4.41. The smallest absolute Gasteiger partial charge is 0.243 e. The summed E-state index contributed by atoms with van der Waals surface area (Å²) in [6.07, 6.45) is 2.48. The first kappa shape index (κ1) is 15.2. The Bertz CT molecular complexity index is 548. The summed E-state index contributed by atoms with van der Waals surface area (Å²) in [7, 11) is -3.49. The Labute approximate surface area is 120 Å². The molecule has 6 nitrogen and oxygen atoms in total. The molecule has 0 spiro atoms. The minimum Gasteiger partial charge on any atom is -0.378 e. The molecule has 20 heavy (non-hydrogen) atoms. The minimum absolute atomic E-state index is 0.144. The molecule has 7 heteroatoms. The Morgan fingerprint density at radius 1 is 1.55 bits per heavy atom. The van der Waals surface area contributed by atoms with E-state index in [-0.39, 0.29) is 10.9 Å². The van der Waals surface area contributed by atoms with Crippen LogP contribution in [0.1, 0.15) is 20.3 Å². The Hall–Kier alpha value is -1.18. The maximum absolute atomic E-state index is 12.6. The first-order valence-electron chi connectivity index (χ1n) is 6.85. The summed E-state index contributed by atoms with van der Waals surface area (Å²) < 4.78 is 32.1. The number of aromatic nitrogens is 1. The number of hydrogen-bond acceptors (Lipinski definition) is 5. The summed E-state index contributed by atoms with van der Waals surface area (Å²) in [5.41, 5.74) is 0. The van der Waals surface area contributed by atoms with Gasteiger partial charge in [-0.15, -0.1) is 0 Å². The number of rotatable bonds is 5. The molecule has 0 aromatic carbocycles. The van der Waals surface area contributed by atoms with Crippen LogP contribution in [0.3, 0.4) is 0 Å². The highest BCUT2D eigenvalue weighted by Gasteiger charge is 2.31. The quantitative estimate of drug-likeness (QED) is 0.887. The second-order valence-corrected chi connectivity index (χ2v) is 6.73. The van der Waals surface area contributed by atoms with Crippen molar-refractivity contribution in [1.29, 1.82) is 0 Å². The predicted octanol–water partition coefficient (Wildman–Crippen LogP) is 1.31. The second kappa shape index (κ2) is 6.51. The lowest BCUT2D eigenvalue weighted by Crippen LogP contribution is -2.46. The van der Waals surface area contributed by atoms with E-state index in [1.54, 1.807) is 6.07 Å². The van der Waals surface area contributed by atoms with Gasteiger partial charge < -0.3 is 10.1 Å². The molecule has 1 atom stereocenters. The molecule has 0 amide bonds. The maximum atomic E-state index is 12.6. The Morgan fingerprint density at radius 2 is 2.35 bits per heavy atom. The number of nitrogens with one attached hydrogen (secondary N) is 1. The highest BCUT2D eigenvalue weighted by Crippen LogP contribution is 2.21. The fourth-order valence-corrected chi connectivity index (χ4v) is 3.74. The zero-order valence-electron chi connectivity index (χ0n) is 11.9. The molecule has 1 fully saturated rings. The normalized spacial score (nSPS) is 20.8. The van der Waals surface area contributed by atoms with Gasteiger partial charge in [0.15, 0.2) is 0 Å². The zero-order valence-corrected chi connectivity index (χ0v) is 12.7. The van der Waals surface area contributed by atoms with Crippen LogP contribution in [0.2, 0.25) is 0 Å². The number of pyridine rings is 1. The molecular formula is C13H21N3O3S. The van der Waals surface area contributed by atoms with E-state index in [9.17, 15) is 8.42 Å². The Kier molecular flexibility index (Phi) is 4.95. The van der Waals surface area contributed by atoms with E-state index in [1.165, 1.54) is 16.6 Å². The number of ether oxygens (including phenoxy) is 1. The molecule has 0 aliphatic carbocycles. The number of nitrogens with zero attached hydrogens (tertiary/aromatic N) is 2. The fraction of sp³-hybridized carbons (Fsp3) is 0.615. The van der Waals surface area contributed by atoms with Crippen LogP contribution in [0.15, 0.2) is 23.2 Å². The van der Waals surface area contributed by atoms with Crippen molar-refractivity contribution >= 4 is 15.8 Å². The highest BCUT2D eigenvalue weighted by molar-refractivity contribution is 7.89. The van der Waals surface area contributed by atoms with Crippen LogP contribution in [0.25, 0.3) is 0 Å². The van der Waals surface area contributed by atoms with Crippen molar-refractivity contribution in [2.75, 3.05) is 31.6 Å². The average molecular weight is 299 g/mol. The lowest BCUT2D eigenvalue weighted by Gasteiger charge is -2.32. The Balaban J connectivity index is 2.24. The van der Waals surface area contributed by atoms with E-state index in [0.717, 1.165) is 13.0 Å². The van der Waals surface area contributed by atoms with Crippen molar-refractivity contribution in [1.82, 2.24) is 9.29 Å². The van der Waals surface area contributed by atoms with Crippen LogP contribution in [0, 0.1) is 0 Å². The summed E-state index contributed by atoms with van der Waals surface area (Å²) in [5.74, 6) is 0.592. The molecule has 2 rings (SSSR count). The van der Waals surface area contributed by atoms with Gasteiger partial charge >= 0.3 is 0 Å². The molecule has 0 bridgehead atoms. The third-order valence-electron chi connectivity index (χ3n) is 3.20. The number of sulfonamides is 1. The van der Waals surface area contributed by atoms with E-state index in [2.05, 4.69) is 10.3 Å². The molecule has 112 valence electrons. The number of morpholine rings is 1. The molecule has 1 unspecified atom stereocenters. The predicted molar refractivity (Wildman–Crippen MR) is 77.2 cm³/mol. The molecule has 1 aromatic rings. The summed E-state index contributed by atoms with van der Waals surface area (Å²) in [6, 6.07) is 2.98. The zero-order chi connectivity index (χ0) is 14.6. The van der Waals surface area contributed by atoms with Gasteiger partial charge in [0.2, 0.25) is 10.0 Å². The molecule has 1 saturated heterocycles. The first-order chi connectivity index (χ1) is 9.55. The van der Waals surface area contributed by atoms with Gasteiger partial charge in [-0.05, 0) is 19.4 Å². The van der Waals surface area contributed by atoms with Crippen molar-refractivity contribution in [2.24, 2.45) is 0 Å². The van der Waals surface area contributed by atoms with Crippen LogP contribution in [-0.2, 0) is 14.8 Å². The van der Waals surface area contributed by atoms with E-state index in [4.69, 9.17) is 4.74 Å². The van der Waals surface area contributed by atoms with Crippen LogP contribution in [0.5, 0.6) is 0 Å². The molecule has 1 aromatic heterocycles. The van der Waals surface area contributed by atoms with Crippen LogP contribution in [-0.4, -0.2) is 50.1 Å². The molecule has 0 saturated carbocycles. The van der Waals surface area contributed by atoms with Crippen molar-refractivity contribution in [3.05, 3.63) is 18.3 Å². The molecule has 2 heterocycles. The van der Waals surface area contributed by atoms with Crippen LogP contribution < -0.4 is 5.32 Å². The molecular weight excluding hydrogens is 278 g/mol. The van der Waals surface area contributed by atoms with Gasteiger partial charge in [0.1, 0.15) is 5.82 Å². The van der Waals surface area contributed by atoms with Gasteiger partial charge in [-0.1, -0.05) is 6.92 Å². The number of hydrogen-bond donors (Lipinski definition) is 1. The molecule has 1 aliphatic heterocycles. The third-order valence-corrected chi connectivity index (χ3v) is 5.21. The van der Waals surface area contributed by atoms with E-state index >= 15 is 0 Å². The first-order valence-corrected chi connectivity index (χ1v) is 8.29. The minimum atomic E-state index is -3.49. The monoisotopic (exact) mass is 299 g/mol. The molecule has 1 aliphatic rings. The summed E-state index contributed by atoms with van der Waals surface area (Å²) in [5, 5.41) is 3.10.